The van der Waals surface area contributed by atoms with Crippen LogP contribution in [-0.4, -0.2) is 36.3 Å². The van der Waals surface area contributed by atoms with Crippen molar-refractivity contribution in [3.05, 3.63) is 65.3 Å². The molecule has 0 spiro atoms. The van der Waals surface area contributed by atoms with Crippen LogP contribution < -0.4 is 10.2 Å². The molecule has 0 bridgehead atoms. The summed E-state index contributed by atoms with van der Waals surface area (Å²) in [4.78, 5) is 9.21. The smallest absolute Gasteiger partial charge is 0.177 e. The normalized spacial score (nSPS) is 19.1. The molecule has 5 rings (SSSR count). The molecule has 0 radical (unpaired) electrons. The maximum absolute atomic E-state index is 14.2. The summed E-state index contributed by atoms with van der Waals surface area (Å²) >= 11 is 0. The molecule has 0 unspecified atom stereocenters. The highest BCUT2D eigenvalue weighted by atomic mass is 19.1. The summed E-state index contributed by atoms with van der Waals surface area (Å²) in [6, 6.07) is 4.73. The Bertz CT molecular complexity index is 1390. The number of anilines is 3. The van der Waals surface area contributed by atoms with Gasteiger partial charge in [-0.25, -0.2) is 4.39 Å². The predicted molar refractivity (Wildman–Crippen MR) is 107 cm³/mol. The minimum absolute atomic E-state index is 0.122. The molecule has 1 aliphatic rings. The average Bonchev–Trinajstić information content (AvgIpc) is 3.18. The van der Waals surface area contributed by atoms with Gasteiger partial charge in [0.2, 0.25) is 0 Å². The van der Waals surface area contributed by atoms with Gasteiger partial charge < -0.3 is 10.2 Å². The summed E-state index contributed by atoms with van der Waals surface area (Å²) in [7, 11) is 0. The summed E-state index contributed by atoms with van der Waals surface area (Å²) in [5, 5.41) is 15.0. The van der Waals surface area contributed by atoms with Gasteiger partial charge in [0, 0.05) is 33.5 Å². The van der Waals surface area contributed by atoms with Crippen molar-refractivity contribution < 1.29 is 9.87 Å². The van der Waals surface area contributed by atoms with E-state index in [1.807, 2.05) is 0 Å². The van der Waals surface area contributed by atoms with Crippen molar-refractivity contribution in [1.82, 2.24) is 29.8 Å². The summed E-state index contributed by atoms with van der Waals surface area (Å²) in [6.45, 7) is -0.986. The lowest BCUT2D eigenvalue weighted by molar-refractivity contribution is 0.624. The number of rotatable bonds is 3. The van der Waals surface area contributed by atoms with Gasteiger partial charge >= 0.3 is 0 Å². The van der Waals surface area contributed by atoms with Crippen LogP contribution in [0.5, 0.6) is 0 Å². The zero-order chi connectivity index (χ0) is 23.5. The monoisotopic (exact) mass is 394 g/mol. The van der Waals surface area contributed by atoms with Gasteiger partial charge in [0.05, 0.1) is 26.5 Å². The van der Waals surface area contributed by atoms with Crippen molar-refractivity contribution in [1.29, 1.82) is 0 Å². The Labute approximate surface area is 172 Å². The Morgan fingerprint density at radius 3 is 2.97 bits per heavy atom. The van der Waals surface area contributed by atoms with Gasteiger partial charge in [-0.3, -0.25) is 9.97 Å². The molecule has 0 fully saturated rings. The molecule has 5 heterocycles. The van der Waals surface area contributed by atoms with Crippen LogP contribution in [0.1, 0.15) is 28.0 Å². The maximum Gasteiger partial charge on any atom is 0.177 e. The largest absolute Gasteiger partial charge is 0.352 e. The van der Waals surface area contributed by atoms with Gasteiger partial charge in [-0.05, 0) is 43.2 Å². The first-order valence-corrected chi connectivity index (χ1v) is 8.93. The fraction of sp³-hybridized carbons (Fsp3) is 0.250. The highest BCUT2D eigenvalue weighted by molar-refractivity contribution is 5.61. The number of aromatic nitrogens is 6. The van der Waals surface area contributed by atoms with Gasteiger partial charge in [-0.15, -0.1) is 15.3 Å². The van der Waals surface area contributed by atoms with Gasteiger partial charge in [0.15, 0.2) is 17.3 Å². The van der Waals surface area contributed by atoms with Gasteiger partial charge in [-0.2, -0.15) is 4.52 Å². The lowest BCUT2D eigenvalue weighted by Crippen LogP contribution is -2.32. The molecular formula is C20H19FN8. The summed E-state index contributed by atoms with van der Waals surface area (Å²) in [6.07, 6.45) is 3.75. The molecule has 4 aromatic rings. The second-order valence-corrected chi connectivity index (χ2v) is 6.72. The number of halogens is 1. The summed E-state index contributed by atoms with van der Waals surface area (Å²) in [5.41, 5.74) is 2.62. The standard InChI is InChI=1S/C20H19FN8/c1-12-5-19-26-24-11-29(19)27-20(12)28-4-3-17-14(10-28)7-15(8-23-17)25-18-6-13(2)22-9-16(18)21/h5-9,11H,3-4,10H2,1-2H3,(H,22,25)/i4D2,10D2. The van der Waals surface area contributed by atoms with Crippen LogP contribution in [0.15, 0.2) is 36.9 Å². The molecule has 1 N–H and O–H groups in total. The molecule has 0 saturated heterocycles. The minimum atomic E-state index is -2.31. The number of hydrogen-bond donors (Lipinski definition) is 1. The molecule has 9 heteroatoms. The van der Waals surface area contributed by atoms with Crippen LogP contribution in [0.2, 0.25) is 0 Å². The zero-order valence-corrected chi connectivity index (χ0v) is 15.7. The van der Waals surface area contributed by atoms with Crippen molar-refractivity contribution in [3.8, 4) is 0 Å². The number of fused-ring (bicyclic) bond motifs is 2. The Balaban J connectivity index is 1.61. The van der Waals surface area contributed by atoms with Gasteiger partial charge in [0.1, 0.15) is 6.33 Å². The van der Waals surface area contributed by atoms with Crippen LogP contribution in [0.4, 0.5) is 21.6 Å². The predicted octanol–water partition coefficient (Wildman–Crippen LogP) is 2.98. The highest BCUT2D eigenvalue weighted by Gasteiger charge is 2.21. The number of nitrogens with one attached hydrogen (secondary N) is 1. The molecule has 1 aliphatic heterocycles. The van der Waals surface area contributed by atoms with Crippen molar-refractivity contribution in [2.75, 3.05) is 16.7 Å². The van der Waals surface area contributed by atoms with Crippen LogP contribution >= 0.6 is 0 Å². The maximum atomic E-state index is 14.2. The SMILES string of the molecule is [2H]C1([2H])Cc2ncc(Nc3cc(C)ncc3F)cc2C([2H])([2H])N1c1nn2cnnc2cc1C. The zero-order valence-electron chi connectivity index (χ0n) is 19.7. The molecule has 4 aromatic heterocycles. The molecule has 0 saturated carbocycles. The third-order valence-electron chi connectivity index (χ3n) is 4.55. The summed E-state index contributed by atoms with van der Waals surface area (Å²) in [5.74, 6) is -0.432. The Morgan fingerprint density at radius 1 is 1.17 bits per heavy atom. The van der Waals surface area contributed by atoms with E-state index in [2.05, 4.69) is 30.6 Å². The molecule has 0 aromatic carbocycles. The minimum Gasteiger partial charge on any atom is -0.352 e. The van der Waals surface area contributed by atoms with E-state index >= 15 is 0 Å². The van der Waals surface area contributed by atoms with E-state index in [0.29, 0.717) is 22.6 Å². The average molecular weight is 394 g/mol. The molecular weight excluding hydrogens is 371 g/mol. The first-order chi connectivity index (χ1) is 15.6. The third kappa shape index (κ3) is 3.24. The topological polar surface area (TPSA) is 84.1 Å². The second kappa shape index (κ2) is 6.77. The number of pyridine rings is 2. The highest BCUT2D eigenvalue weighted by Crippen LogP contribution is 2.28. The number of hydrogen-bond acceptors (Lipinski definition) is 7. The quantitative estimate of drug-likeness (QED) is 0.572. The van der Waals surface area contributed by atoms with Gasteiger partial charge in [0.25, 0.3) is 0 Å². The van der Waals surface area contributed by atoms with Crippen molar-refractivity contribution in [2.45, 2.75) is 26.8 Å². The first-order valence-electron chi connectivity index (χ1n) is 10.9. The fourth-order valence-electron chi connectivity index (χ4n) is 3.11. The summed E-state index contributed by atoms with van der Waals surface area (Å²) < 4.78 is 50.6. The molecule has 0 amide bonds. The molecule has 0 atom stereocenters. The van der Waals surface area contributed by atoms with E-state index in [1.165, 1.54) is 29.2 Å². The fourth-order valence-corrected chi connectivity index (χ4v) is 3.11. The van der Waals surface area contributed by atoms with E-state index in [4.69, 9.17) is 5.48 Å². The number of nitrogens with zero attached hydrogens (tertiary/aromatic N) is 7. The molecule has 29 heavy (non-hydrogen) atoms. The second-order valence-electron chi connectivity index (χ2n) is 6.72. The van der Waals surface area contributed by atoms with E-state index < -0.39 is 18.8 Å². The van der Waals surface area contributed by atoms with Crippen LogP contribution in [0, 0.1) is 19.7 Å². The Morgan fingerprint density at radius 2 is 2.07 bits per heavy atom. The van der Waals surface area contributed by atoms with Crippen LogP contribution in [-0.2, 0) is 12.9 Å². The van der Waals surface area contributed by atoms with Crippen molar-refractivity contribution in [3.63, 3.8) is 0 Å². The van der Waals surface area contributed by atoms with E-state index in [1.54, 1.807) is 19.9 Å². The third-order valence-corrected chi connectivity index (χ3v) is 4.55. The Hall–Kier alpha value is -3.62. The van der Waals surface area contributed by atoms with Crippen LogP contribution in [0.25, 0.3) is 5.65 Å². The van der Waals surface area contributed by atoms with E-state index in [0.717, 1.165) is 11.1 Å². The van der Waals surface area contributed by atoms with Crippen LogP contribution in [0.3, 0.4) is 0 Å². The molecule has 146 valence electrons. The number of aryl methyl sites for hydroxylation is 3. The van der Waals surface area contributed by atoms with E-state index in [9.17, 15) is 4.39 Å². The first kappa shape index (κ1) is 13.5. The van der Waals surface area contributed by atoms with Gasteiger partial charge in [-0.1, -0.05) is 0 Å². The van der Waals surface area contributed by atoms with Crippen molar-refractivity contribution >= 4 is 22.8 Å². The lowest BCUT2D eigenvalue weighted by atomic mass is 10.0. The lowest BCUT2D eigenvalue weighted by Gasteiger charge is -2.30. The van der Waals surface area contributed by atoms with E-state index in [-0.39, 0.29) is 29.2 Å². The molecule has 0 aliphatic carbocycles. The van der Waals surface area contributed by atoms with Crippen molar-refractivity contribution in [2.24, 2.45) is 0 Å². The Kier molecular flexibility index (Phi) is 3.16. The molecule has 8 nitrogen and oxygen atoms in total.